The van der Waals surface area contributed by atoms with E-state index in [1.807, 2.05) is 55.6 Å². The maximum Gasteiger partial charge on any atom is 0.256 e. The number of rotatable bonds is 5. The molecule has 0 atom stereocenters. The van der Waals surface area contributed by atoms with Gasteiger partial charge in [0.05, 0.1) is 0 Å². The molecule has 5 nitrogen and oxygen atoms in total. The second-order valence-electron chi connectivity index (χ2n) is 6.30. The normalized spacial score (nSPS) is 10.7. The molecule has 0 bridgehead atoms. The number of nitrogens with one attached hydrogen (secondary N) is 2. The van der Waals surface area contributed by atoms with Crippen LogP contribution in [0.2, 0.25) is 0 Å². The third-order valence-corrected chi connectivity index (χ3v) is 4.46. The number of amides is 1. The summed E-state index contributed by atoms with van der Waals surface area (Å²) in [7, 11) is 0. The molecule has 4 aromatic rings. The lowest BCUT2D eigenvalue weighted by Gasteiger charge is -2.12. The number of benzene rings is 2. The highest BCUT2D eigenvalue weighted by Crippen LogP contribution is 2.24. The summed E-state index contributed by atoms with van der Waals surface area (Å²) in [6.45, 7) is 2.46. The van der Waals surface area contributed by atoms with E-state index in [1.54, 1.807) is 24.4 Å². The Morgan fingerprint density at radius 3 is 2.89 bits per heavy atom. The maximum atomic E-state index is 12.6. The van der Waals surface area contributed by atoms with Gasteiger partial charge in [0.15, 0.2) is 11.6 Å². The number of nitrogens with zero attached hydrogens (tertiary/aromatic N) is 1. The monoisotopic (exact) mass is 357 g/mol. The third-order valence-electron chi connectivity index (χ3n) is 4.46. The molecule has 0 aliphatic carbocycles. The van der Waals surface area contributed by atoms with E-state index in [4.69, 9.17) is 4.74 Å². The van der Waals surface area contributed by atoms with Gasteiger partial charge in [0.25, 0.3) is 5.91 Å². The zero-order valence-electron chi connectivity index (χ0n) is 14.9. The number of ether oxygens (including phenoxy) is 1. The Morgan fingerprint density at radius 2 is 2.00 bits per heavy atom. The predicted octanol–water partition coefficient (Wildman–Crippen LogP) is 4.70. The van der Waals surface area contributed by atoms with Crippen LogP contribution in [0.15, 0.2) is 73.1 Å². The van der Waals surface area contributed by atoms with Crippen molar-refractivity contribution >= 4 is 22.6 Å². The molecule has 2 aromatic heterocycles. The fraction of sp³-hybridized carbons (Fsp3) is 0.0909. The van der Waals surface area contributed by atoms with Gasteiger partial charge in [-0.2, -0.15) is 0 Å². The number of pyridine rings is 1. The van der Waals surface area contributed by atoms with Crippen LogP contribution in [-0.2, 0) is 6.61 Å². The van der Waals surface area contributed by atoms with Crippen LogP contribution in [-0.4, -0.2) is 15.9 Å². The van der Waals surface area contributed by atoms with Crippen LogP contribution < -0.4 is 10.1 Å². The first kappa shape index (κ1) is 16.8. The number of H-pyrrole nitrogens is 1. The van der Waals surface area contributed by atoms with Crippen LogP contribution in [0.5, 0.6) is 5.75 Å². The first-order chi connectivity index (χ1) is 13.2. The molecule has 0 aliphatic rings. The number of hydrogen-bond donors (Lipinski definition) is 2. The van der Waals surface area contributed by atoms with Crippen molar-refractivity contribution in [2.75, 3.05) is 5.32 Å². The van der Waals surface area contributed by atoms with Gasteiger partial charge < -0.3 is 15.0 Å². The van der Waals surface area contributed by atoms with Gasteiger partial charge in [-0.3, -0.25) is 4.79 Å². The Hall–Kier alpha value is -3.60. The average Bonchev–Trinajstić information content (AvgIpc) is 3.16. The molecular weight excluding hydrogens is 338 g/mol. The first-order valence-corrected chi connectivity index (χ1v) is 8.71. The first-order valence-electron chi connectivity index (χ1n) is 8.71. The summed E-state index contributed by atoms with van der Waals surface area (Å²) in [5, 5.41) is 3.91. The number of carbonyl (C=O) groups is 1. The molecule has 134 valence electrons. The molecule has 2 heterocycles. The summed E-state index contributed by atoms with van der Waals surface area (Å²) in [5.74, 6) is 0.712. The SMILES string of the molecule is Cc1ccccc1COc1cccnc1NC(=O)c1ccc2cc[nH]c2c1. The fourth-order valence-electron chi connectivity index (χ4n) is 2.90. The number of aryl methyl sites for hydroxylation is 1. The van der Waals surface area contributed by atoms with Gasteiger partial charge in [-0.05, 0) is 53.8 Å². The minimum atomic E-state index is -0.231. The molecule has 0 aliphatic heterocycles. The number of carbonyl (C=O) groups excluding carboxylic acids is 1. The molecule has 1 amide bonds. The van der Waals surface area contributed by atoms with Crippen LogP contribution in [0.4, 0.5) is 5.82 Å². The van der Waals surface area contributed by atoms with Crippen LogP contribution in [0.1, 0.15) is 21.5 Å². The second kappa shape index (κ2) is 7.33. The van der Waals surface area contributed by atoms with Crippen molar-refractivity contribution in [2.45, 2.75) is 13.5 Å². The summed E-state index contributed by atoms with van der Waals surface area (Å²) in [6, 6.07) is 19.1. The van der Waals surface area contributed by atoms with Gasteiger partial charge in [0.2, 0.25) is 0 Å². The quantitative estimate of drug-likeness (QED) is 0.544. The van der Waals surface area contributed by atoms with Crippen LogP contribution in [0.3, 0.4) is 0 Å². The Balaban J connectivity index is 1.52. The zero-order chi connectivity index (χ0) is 18.6. The minimum Gasteiger partial charge on any atom is -0.485 e. The van der Waals surface area contributed by atoms with E-state index in [0.29, 0.717) is 23.7 Å². The molecule has 2 N–H and O–H groups in total. The largest absolute Gasteiger partial charge is 0.485 e. The van der Waals surface area contributed by atoms with E-state index >= 15 is 0 Å². The van der Waals surface area contributed by atoms with Crippen molar-refractivity contribution in [3.05, 3.63) is 89.7 Å². The molecule has 0 radical (unpaired) electrons. The van der Waals surface area contributed by atoms with Crippen molar-refractivity contribution in [3.8, 4) is 5.75 Å². The van der Waals surface area contributed by atoms with E-state index in [9.17, 15) is 4.79 Å². The number of aromatic amines is 1. The molecule has 0 fully saturated rings. The molecular formula is C22H19N3O2. The van der Waals surface area contributed by atoms with Gasteiger partial charge >= 0.3 is 0 Å². The van der Waals surface area contributed by atoms with E-state index in [0.717, 1.165) is 22.0 Å². The van der Waals surface area contributed by atoms with Crippen molar-refractivity contribution in [1.82, 2.24) is 9.97 Å². The number of aromatic nitrogens is 2. The second-order valence-corrected chi connectivity index (χ2v) is 6.30. The molecule has 0 saturated carbocycles. The Labute approximate surface area is 157 Å². The van der Waals surface area contributed by atoms with Crippen molar-refractivity contribution < 1.29 is 9.53 Å². The van der Waals surface area contributed by atoms with Crippen molar-refractivity contribution in [2.24, 2.45) is 0 Å². The van der Waals surface area contributed by atoms with E-state index in [2.05, 4.69) is 15.3 Å². The van der Waals surface area contributed by atoms with Gasteiger partial charge in [-0.15, -0.1) is 0 Å². The lowest BCUT2D eigenvalue weighted by atomic mass is 10.1. The van der Waals surface area contributed by atoms with Crippen LogP contribution >= 0.6 is 0 Å². The Kier molecular flexibility index (Phi) is 4.58. The van der Waals surface area contributed by atoms with Gasteiger partial charge in [0, 0.05) is 23.5 Å². The summed E-state index contributed by atoms with van der Waals surface area (Å²) in [4.78, 5) is 20.0. The average molecular weight is 357 g/mol. The highest BCUT2D eigenvalue weighted by atomic mass is 16.5. The summed E-state index contributed by atoms with van der Waals surface area (Å²) < 4.78 is 5.92. The van der Waals surface area contributed by atoms with E-state index in [-0.39, 0.29) is 5.91 Å². The van der Waals surface area contributed by atoms with E-state index < -0.39 is 0 Å². The smallest absolute Gasteiger partial charge is 0.256 e. The number of anilines is 1. The zero-order valence-corrected chi connectivity index (χ0v) is 14.9. The summed E-state index contributed by atoms with van der Waals surface area (Å²) in [5.41, 5.74) is 3.72. The summed E-state index contributed by atoms with van der Waals surface area (Å²) in [6.07, 6.45) is 3.48. The lowest BCUT2D eigenvalue weighted by molar-refractivity contribution is 0.102. The number of fused-ring (bicyclic) bond motifs is 1. The third kappa shape index (κ3) is 3.67. The summed E-state index contributed by atoms with van der Waals surface area (Å²) >= 11 is 0. The lowest BCUT2D eigenvalue weighted by Crippen LogP contribution is -2.14. The Morgan fingerprint density at radius 1 is 1.11 bits per heavy atom. The van der Waals surface area contributed by atoms with Gasteiger partial charge in [0.1, 0.15) is 6.61 Å². The predicted molar refractivity (Wildman–Crippen MR) is 106 cm³/mol. The van der Waals surface area contributed by atoms with E-state index in [1.165, 1.54) is 0 Å². The van der Waals surface area contributed by atoms with Crippen LogP contribution in [0, 0.1) is 6.92 Å². The van der Waals surface area contributed by atoms with Crippen molar-refractivity contribution in [1.29, 1.82) is 0 Å². The highest BCUT2D eigenvalue weighted by Gasteiger charge is 2.12. The molecule has 2 aromatic carbocycles. The molecule has 4 rings (SSSR count). The topological polar surface area (TPSA) is 67.0 Å². The van der Waals surface area contributed by atoms with Crippen LogP contribution in [0.25, 0.3) is 10.9 Å². The molecule has 0 saturated heterocycles. The maximum absolute atomic E-state index is 12.6. The number of hydrogen-bond acceptors (Lipinski definition) is 3. The molecule has 5 heteroatoms. The van der Waals surface area contributed by atoms with Gasteiger partial charge in [-0.25, -0.2) is 4.98 Å². The molecule has 0 unspecified atom stereocenters. The molecule has 27 heavy (non-hydrogen) atoms. The highest BCUT2D eigenvalue weighted by molar-refractivity contribution is 6.06. The fourth-order valence-corrected chi connectivity index (χ4v) is 2.90. The Bertz CT molecular complexity index is 1100. The van der Waals surface area contributed by atoms with Gasteiger partial charge in [-0.1, -0.05) is 30.3 Å². The minimum absolute atomic E-state index is 0.231. The molecule has 0 spiro atoms. The standard InChI is InChI=1S/C22H19N3O2/c1-15-5-2-3-6-18(15)14-27-20-7-4-11-24-21(20)25-22(26)17-9-8-16-10-12-23-19(16)13-17/h2-13,23H,14H2,1H3,(H,24,25,26). The van der Waals surface area contributed by atoms with Crippen molar-refractivity contribution in [3.63, 3.8) is 0 Å².